The molecule has 6 heterocycles. The number of alkyl halides is 1. The van der Waals surface area contributed by atoms with E-state index in [0.717, 1.165) is 88.4 Å². The second-order valence-corrected chi connectivity index (χ2v) is 24.3. The quantitative estimate of drug-likeness (QED) is 0.0446. The third-order valence-electron chi connectivity index (χ3n) is 14.7. The summed E-state index contributed by atoms with van der Waals surface area (Å²) < 4.78 is 28.5. The van der Waals surface area contributed by atoms with Crippen molar-refractivity contribution in [1.29, 1.82) is 0 Å². The number of halogens is 2. The molecule has 5 aliphatic rings. The molecule has 7 N–H and O–H groups in total. The number of nitrogens with one attached hydrogen (secondary N) is 1. The van der Waals surface area contributed by atoms with Gasteiger partial charge in [-0.2, -0.15) is 0 Å². The monoisotopic (exact) mass is 1230 g/mol. The number of nitrogens with zero attached hydrogens (tertiary/aromatic N) is 6. The van der Waals surface area contributed by atoms with Gasteiger partial charge in [0.25, 0.3) is 0 Å². The molecule has 4 aromatic rings. The number of likely N-dealkylation sites (tertiary alicyclic amines) is 2. The number of piperidine rings is 3. The lowest BCUT2D eigenvalue weighted by Crippen LogP contribution is -2.51. The third kappa shape index (κ3) is 25.8. The van der Waals surface area contributed by atoms with Crippen LogP contribution in [0.5, 0.6) is 0 Å². The van der Waals surface area contributed by atoms with Gasteiger partial charge in [0.15, 0.2) is 5.91 Å². The van der Waals surface area contributed by atoms with Crippen LogP contribution in [0.25, 0.3) is 10.1 Å². The van der Waals surface area contributed by atoms with E-state index in [1.165, 1.54) is 51.6 Å². The van der Waals surface area contributed by atoms with Crippen molar-refractivity contribution in [3.63, 3.8) is 0 Å². The van der Waals surface area contributed by atoms with E-state index in [0.29, 0.717) is 56.7 Å². The second kappa shape index (κ2) is 40.4. The van der Waals surface area contributed by atoms with E-state index < -0.39 is 20.3 Å². The number of anilines is 3. The molecular formula is C61H93F2N8O12PS. The van der Waals surface area contributed by atoms with Crippen LogP contribution in [0.4, 0.5) is 26.0 Å². The van der Waals surface area contributed by atoms with Gasteiger partial charge < -0.3 is 59.6 Å². The van der Waals surface area contributed by atoms with Crippen LogP contribution in [0.3, 0.4) is 0 Å². The highest BCUT2D eigenvalue weighted by Crippen LogP contribution is 2.46. The Balaban J connectivity index is 0.000000396. The predicted molar refractivity (Wildman–Crippen MR) is 333 cm³/mol. The molecule has 5 saturated heterocycles. The van der Waals surface area contributed by atoms with Crippen LogP contribution in [-0.2, 0) is 38.3 Å². The van der Waals surface area contributed by atoms with Crippen LogP contribution in [0.1, 0.15) is 120 Å². The second-order valence-electron chi connectivity index (χ2n) is 21.9. The maximum absolute atomic E-state index is 13.3. The molecule has 0 saturated carbocycles. The molecule has 0 bridgehead atoms. The van der Waals surface area contributed by atoms with Crippen molar-refractivity contribution in [3.05, 3.63) is 88.8 Å². The number of ether oxygens (including phenoxy) is 1. The van der Waals surface area contributed by atoms with Crippen molar-refractivity contribution < 1.29 is 67.4 Å². The SMILES string of the molecule is CC.CC(C)(C)CC(=O)N1CCCC1.CN1CCC(C2CCN(c3ccc(N(C)C4CCC(=O)NC4=O)c(N(C)C=O)c3)CC2)CC1.Cc1cc2cc(C(F)P(O)O)ccc2s1.NC=O.O=CCO.O=CN1CCOC(c2ccccc2)C1.OF. The van der Waals surface area contributed by atoms with Crippen molar-refractivity contribution in [2.24, 2.45) is 23.0 Å². The van der Waals surface area contributed by atoms with Gasteiger partial charge in [-0.05, 0) is 142 Å². The molecule has 85 heavy (non-hydrogen) atoms. The lowest BCUT2D eigenvalue weighted by molar-refractivity contribution is -0.134. The number of benzene rings is 3. The standard InChI is InChI=1S/C25H37N5O3.C11H13NO2.C10H10FO2PS.C10H19NO.C2H4O2.C2H6.CH3NO.FHO/c1-27-12-8-18(9-13-27)19-10-14-30(15-11-19)20-4-5-21(23(16-20)28(2)17-31)29(3)22-6-7-24(32)26-25(22)33;13-9-12-6-7-14-11(8-12)10-4-2-1-3-5-10;1-6-4-8-5-7(10(11)14(12)13)2-3-9(8)15-6;1-10(2,3)8-9(12)11-6-4-5-7-11;3-1-2-4;1-2;2-1-3;1-2/h4-5,16-19,22H,6-15H2,1-3H3,(H,26,32,33);1-5,9,11H,6-8H2;2-5,10,12-13H,1H3;4-8H2,1-3H3;1,4H,2H2;1-2H3;1H,(H2,2,3);2H. The fourth-order valence-electron chi connectivity index (χ4n) is 10.3. The molecule has 5 aliphatic heterocycles. The average molecular weight is 1230 g/mol. The van der Waals surface area contributed by atoms with Gasteiger partial charge in [0.2, 0.25) is 45.3 Å². The molecule has 0 radical (unpaired) electrons. The van der Waals surface area contributed by atoms with Crippen molar-refractivity contribution >= 4 is 90.1 Å². The zero-order valence-electron chi connectivity index (χ0n) is 51.0. The van der Waals surface area contributed by atoms with Gasteiger partial charge in [0.05, 0.1) is 31.1 Å². The Morgan fingerprint density at radius 1 is 0.859 bits per heavy atom. The summed E-state index contributed by atoms with van der Waals surface area (Å²) in [5.41, 5.74) is 8.47. The van der Waals surface area contributed by atoms with Crippen molar-refractivity contribution in [1.82, 2.24) is 20.0 Å². The van der Waals surface area contributed by atoms with E-state index in [1.807, 2.05) is 86.1 Å². The summed E-state index contributed by atoms with van der Waals surface area (Å²) in [7, 11) is 3.25. The topological polar surface area (TPSA) is 267 Å². The first-order valence-electron chi connectivity index (χ1n) is 28.8. The molecule has 20 nitrogen and oxygen atoms in total. The van der Waals surface area contributed by atoms with Crippen LogP contribution in [-0.4, -0.2) is 171 Å². The van der Waals surface area contributed by atoms with E-state index in [-0.39, 0.29) is 36.4 Å². The molecule has 6 amide bonds. The molecular weight excluding hydrogens is 1140 g/mol. The summed E-state index contributed by atoms with van der Waals surface area (Å²) in [6.45, 7) is 20.4. The number of carbonyl (C=O) groups is 7. The number of imide groups is 1. The summed E-state index contributed by atoms with van der Waals surface area (Å²) in [5.74, 6) is -0.193. The molecule has 474 valence electrons. The van der Waals surface area contributed by atoms with Gasteiger partial charge in [0, 0.05) is 74.9 Å². The molecule has 5 fully saturated rings. The van der Waals surface area contributed by atoms with Gasteiger partial charge >= 0.3 is 0 Å². The first-order chi connectivity index (χ1) is 40.7. The highest BCUT2D eigenvalue weighted by atomic mass is 32.1. The smallest absolute Gasteiger partial charge is 0.249 e. The fraction of sp³-hybridized carbons (Fsp3) is 0.557. The van der Waals surface area contributed by atoms with E-state index in [4.69, 9.17) is 39.1 Å². The maximum atomic E-state index is 13.3. The number of fused-ring (bicyclic) bond motifs is 1. The van der Waals surface area contributed by atoms with Crippen LogP contribution in [0.15, 0.2) is 72.8 Å². The highest BCUT2D eigenvalue weighted by molar-refractivity contribution is 7.45. The van der Waals surface area contributed by atoms with Gasteiger partial charge in [-0.15, -0.1) is 11.3 Å². The Kier molecular flexibility index (Phi) is 35.6. The van der Waals surface area contributed by atoms with Crippen molar-refractivity contribution in [2.45, 2.75) is 117 Å². The number of carbonyl (C=O) groups excluding carboxylic acids is 7. The first-order valence-corrected chi connectivity index (χ1v) is 30.9. The first kappa shape index (κ1) is 75.1. The van der Waals surface area contributed by atoms with Gasteiger partial charge in [0.1, 0.15) is 18.4 Å². The summed E-state index contributed by atoms with van der Waals surface area (Å²) in [6, 6.07) is 22.8. The van der Waals surface area contributed by atoms with Gasteiger partial charge in [-0.3, -0.25) is 34.1 Å². The number of likely N-dealkylation sites (N-methyl/N-ethyl adjacent to an activating group) is 1. The van der Waals surface area contributed by atoms with Crippen LogP contribution >= 0.6 is 19.7 Å². The number of amides is 6. The number of aryl methyl sites for hydroxylation is 1. The average Bonchev–Trinajstić information content (AvgIpc) is 3.91. The molecule has 3 atom stereocenters. The Morgan fingerprint density at radius 3 is 1.98 bits per heavy atom. The fourth-order valence-corrected chi connectivity index (χ4v) is 11.7. The van der Waals surface area contributed by atoms with E-state index >= 15 is 0 Å². The van der Waals surface area contributed by atoms with Gasteiger partial charge in [-0.25, -0.2) is 9.70 Å². The zero-order valence-corrected chi connectivity index (χ0v) is 52.7. The Labute approximate surface area is 506 Å². The number of aliphatic hydroxyl groups excluding tert-OH is 1. The summed E-state index contributed by atoms with van der Waals surface area (Å²) in [4.78, 5) is 106. The number of hydrogen-bond acceptors (Lipinski definition) is 16. The van der Waals surface area contributed by atoms with Crippen molar-refractivity contribution in [2.75, 3.05) is 101 Å². The Morgan fingerprint density at radius 2 is 1.45 bits per heavy atom. The molecule has 1 aromatic heterocycles. The normalized spacial score (nSPS) is 18.3. The van der Waals surface area contributed by atoms with Gasteiger partial charge in [-0.1, -0.05) is 75.5 Å². The molecule has 24 heteroatoms. The van der Waals surface area contributed by atoms with Crippen LogP contribution < -0.4 is 25.8 Å². The molecule has 9 rings (SSSR count). The largest absolute Gasteiger partial charge is 0.389 e. The van der Waals surface area contributed by atoms with Crippen LogP contribution in [0, 0.1) is 24.2 Å². The Hall–Kier alpha value is -6.04. The number of thiophene rings is 1. The number of morpholine rings is 1. The van der Waals surface area contributed by atoms with Crippen LogP contribution in [0.2, 0.25) is 0 Å². The predicted octanol–water partition coefficient (Wildman–Crippen LogP) is 7.98. The lowest BCUT2D eigenvalue weighted by Gasteiger charge is -2.40. The Bertz CT molecular complexity index is 2600. The minimum absolute atomic E-state index is 0.0372. The summed E-state index contributed by atoms with van der Waals surface area (Å²) >= 11 is 1.64. The minimum Gasteiger partial charge on any atom is -0.389 e. The number of hydrogen-bond donors (Lipinski definition) is 6. The number of nitrogens with two attached hydrogens (primary N) is 1. The lowest BCUT2D eigenvalue weighted by atomic mass is 9.79. The maximum Gasteiger partial charge on any atom is 0.249 e. The number of rotatable bonds is 12. The molecule has 3 unspecified atom stereocenters. The van der Waals surface area contributed by atoms with E-state index in [1.54, 1.807) is 40.3 Å². The van der Waals surface area contributed by atoms with E-state index in [2.05, 4.69) is 60.8 Å². The third-order valence-corrected chi connectivity index (χ3v) is 16.4. The number of primary amides is 1. The van der Waals surface area contributed by atoms with E-state index in [9.17, 15) is 28.4 Å². The number of aliphatic hydroxyl groups is 1. The zero-order chi connectivity index (χ0) is 63.6. The molecule has 3 aromatic carbocycles. The van der Waals surface area contributed by atoms with Crippen molar-refractivity contribution in [3.8, 4) is 0 Å². The highest BCUT2D eigenvalue weighted by Gasteiger charge is 2.33. The minimum atomic E-state index is -2.55. The summed E-state index contributed by atoms with van der Waals surface area (Å²) in [6.07, 6.45) is 11.3. The number of aldehydes is 1. The summed E-state index contributed by atoms with van der Waals surface area (Å²) in [5, 5.41) is 16.4. The molecule has 0 aliphatic carbocycles. The molecule has 0 spiro atoms.